The zero-order valence-corrected chi connectivity index (χ0v) is 14.2. The number of hydrogen-bond acceptors (Lipinski definition) is 7. The van der Waals surface area contributed by atoms with Crippen molar-refractivity contribution >= 4 is 27.6 Å². The van der Waals surface area contributed by atoms with Gasteiger partial charge in [0, 0.05) is 19.6 Å². The Kier molecular flexibility index (Phi) is 4.88. The first kappa shape index (κ1) is 16.9. The summed E-state index contributed by atoms with van der Waals surface area (Å²) in [7, 11) is -3.32. The van der Waals surface area contributed by atoms with Gasteiger partial charge in [-0.2, -0.15) is 0 Å². The predicted molar refractivity (Wildman–Crippen MR) is 87.7 cm³/mol. The summed E-state index contributed by atoms with van der Waals surface area (Å²) in [6, 6.07) is 3.67. The molecule has 3 heterocycles. The van der Waals surface area contributed by atoms with Gasteiger partial charge in [-0.25, -0.2) is 22.9 Å². The van der Waals surface area contributed by atoms with Crippen molar-refractivity contribution < 1.29 is 22.7 Å². The van der Waals surface area contributed by atoms with E-state index in [4.69, 9.17) is 9.47 Å². The fraction of sp³-hybridized carbons (Fsp3) is 0.571. The van der Waals surface area contributed by atoms with Gasteiger partial charge in [0.15, 0.2) is 0 Å². The number of anilines is 2. The quantitative estimate of drug-likeness (QED) is 0.779. The maximum atomic E-state index is 12.0. The van der Waals surface area contributed by atoms with Crippen molar-refractivity contribution in [3.05, 3.63) is 18.3 Å². The molecule has 0 radical (unpaired) electrons. The van der Waals surface area contributed by atoms with Crippen LogP contribution in [0, 0.1) is 0 Å². The van der Waals surface area contributed by atoms with Crippen LogP contribution in [0.1, 0.15) is 0 Å². The number of amides is 1. The molecule has 0 aromatic carbocycles. The number of ether oxygens (including phenoxy) is 2. The molecule has 2 saturated heterocycles. The number of nitrogens with zero attached hydrogens (tertiary/aromatic N) is 3. The Balaban J connectivity index is 1.62. The molecule has 1 N–H and O–H groups in total. The molecule has 1 atom stereocenters. The topological polar surface area (TPSA) is 101 Å². The van der Waals surface area contributed by atoms with Crippen LogP contribution in [0.4, 0.5) is 16.3 Å². The number of aromatic nitrogens is 1. The van der Waals surface area contributed by atoms with Crippen LogP contribution in [0.5, 0.6) is 0 Å². The van der Waals surface area contributed by atoms with E-state index in [2.05, 4.69) is 14.6 Å². The normalized spacial score (nSPS) is 21.9. The van der Waals surface area contributed by atoms with Gasteiger partial charge >= 0.3 is 6.09 Å². The van der Waals surface area contributed by atoms with Crippen LogP contribution in [0.2, 0.25) is 0 Å². The second kappa shape index (κ2) is 6.91. The molecular formula is C14H20N4O5S. The third kappa shape index (κ3) is 4.13. The first-order chi connectivity index (χ1) is 11.4. The molecule has 2 aliphatic rings. The summed E-state index contributed by atoms with van der Waals surface area (Å²) < 4.78 is 35.1. The average Bonchev–Trinajstić information content (AvgIpc) is 2.94. The van der Waals surface area contributed by atoms with Gasteiger partial charge in [-0.1, -0.05) is 0 Å². The molecule has 10 heteroatoms. The molecule has 2 aliphatic heterocycles. The molecule has 0 saturated carbocycles. The van der Waals surface area contributed by atoms with Gasteiger partial charge in [-0.15, -0.1) is 0 Å². The standard InChI is InChI=1S/C14H20N4O5S/c1-24(20,21)16-9-12-10-18(14(19)23-12)11-2-3-13(15-8-11)17-4-6-22-7-5-17/h2-3,8,12,16H,4-7,9-10H2,1H3/t12-/m0/s1. The van der Waals surface area contributed by atoms with Crippen LogP contribution in [0.3, 0.4) is 0 Å². The molecule has 0 aliphatic carbocycles. The highest BCUT2D eigenvalue weighted by Gasteiger charge is 2.33. The van der Waals surface area contributed by atoms with Crippen LogP contribution >= 0.6 is 0 Å². The van der Waals surface area contributed by atoms with Crippen LogP contribution in [-0.4, -0.2) is 71.2 Å². The van der Waals surface area contributed by atoms with Crippen molar-refractivity contribution in [2.24, 2.45) is 0 Å². The Morgan fingerprint density at radius 3 is 2.71 bits per heavy atom. The van der Waals surface area contributed by atoms with Crippen LogP contribution < -0.4 is 14.5 Å². The minimum Gasteiger partial charge on any atom is -0.443 e. The molecule has 132 valence electrons. The number of hydrogen-bond donors (Lipinski definition) is 1. The lowest BCUT2D eigenvalue weighted by Crippen LogP contribution is -2.36. The Morgan fingerprint density at radius 1 is 1.33 bits per heavy atom. The molecule has 2 fully saturated rings. The predicted octanol–water partition coefficient (Wildman–Crippen LogP) is -0.207. The third-order valence-electron chi connectivity index (χ3n) is 3.83. The molecule has 24 heavy (non-hydrogen) atoms. The number of rotatable bonds is 5. The average molecular weight is 356 g/mol. The van der Waals surface area contributed by atoms with E-state index in [-0.39, 0.29) is 13.1 Å². The summed E-state index contributed by atoms with van der Waals surface area (Å²) in [5.74, 6) is 0.838. The highest BCUT2D eigenvalue weighted by molar-refractivity contribution is 7.88. The van der Waals surface area contributed by atoms with Gasteiger partial charge in [-0.05, 0) is 12.1 Å². The lowest BCUT2D eigenvalue weighted by atomic mass is 10.3. The van der Waals surface area contributed by atoms with Gasteiger partial charge in [0.05, 0.1) is 37.9 Å². The fourth-order valence-electron chi connectivity index (χ4n) is 2.60. The second-order valence-electron chi connectivity index (χ2n) is 5.71. The lowest BCUT2D eigenvalue weighted by molar-refractivity contribution is 0.122. The monoisotopic (exact) mass is 356 g/mol. The van der Waals surface area contributed by atoms with E-state index in [0.717, 1.165) is 25.2 Å². The molecular weight excluding hydrogens is 336 g/mol. The highest BCUT2D eigenvalue weighted by Crippen LogP contribution is 2.23. The minimum atomic E-state index is -3.32. The van der Waals surface area contributed by atoms with E-state index in [0.29, 0.717) is 18.9 Å². The molecule has 9 nitrogen and oxygen atoms in total. The number of cyclic esters (lactones) is 1. The number of sulfonamides is 1. The Labute approximate surface area is 140 Å². The summed E-state index contributed by atoms with van der Waals surface area (Å²) >= 11 is 0. The Hall–Kier alpha value is -1.91. The molecule has 1 aromatic rings. The third-order valence-corrected chi connectivity index (χ3v) is 4.52. The van der Waals surface area contributed by atoms with Crippen molar-refractivity contribution in [2.75, 3.05) is 55.4 Å². The number of carbonyl (C=O) groups excluding carboxylic acids is 1. The zero-order chi connectivity index (χ0) is 17.2. The van der Waals surface area contributed by atoms with E-state index >= 15 is 0 Å². The van der Waals surface area contributed by atoms with Crippen molar-refractivity contribution in [1.82, 2.24) is 9.71 Å². The van der Waals surface area contributed by atoms with E-state index in [9.17, 15) is 13.2 Å². The van der Waals surface area contributed by atoms with Gasteiger partial charge in [0.1, 0.15) is 11.9 Å². The molecule has 1 aromatic heterocycles. The smallest absolute Gasteiger partial charge is 0.414 e. The fourth-order valence-corrected chi connectivity index (χ4v) is 3.09. The largest absolute Gasteiger partial charge is 0.443 e. The molecule has 1 amide bonds. The Morgan fingerprint density at radius 2 is 2.08 bits per heavy atom. The van der Waals surface area contributed by atoms with Crippen LogP contribution in [0.15, 0.2) is 18.3 Å². The maximum absolute atomic E-state index is 12.0. The molecule has 0 spiro atoms. The van der Waals surface area contributed by atoms with Gasteiger partial charge in [-0.3, -0.25) is 4.90 Å². The minimum absolute atomic E-state index is 0.0559. The summed E-state index contributed by atoms with van der Waals surface area (Å²) in [4.78, 5) is 19.9. The summed E-state index contributed by atoms with van der Waals surface area (Å²) in [6.45, 7) is 3.27. The summed E-state index contributed by atoms with van der Waals surface area (Å²) in [5, 5.41) is 0. The Bertz CT molecular complexity index is 688. The molecule has 3 rings (SSSR count). The van der Waals surface area contributed by atoms with E-state index in [1.165, 1.54) is 4.90 Å². The van der Waals surface area contributed by atoms with Crippen molar-refractivity contribution in [1.29, 1.82) is 0 Å². The van der Waals surface area contributed by atoms with E-state index < -0.39 is 22.2 Å². The van der Waals surface area contributed by atoms with Crippen molar-refractivity contribution in [2.45, 2.75) is 6.10 Å². The van der Waals surface area contributed by atoms with Crippen LogP contribution in [-0.2, 0) is 19.5 Å². The summed E-state index contributed by atoms with van der Waals surface area (Å²) in [6.07, 6.45) is 1.66. The van der Waals surface area contributed by atoms with E-state index in [1.54, 1.807) is 6.20 Å². The number of carbonyl (C=O) groups is 1. The van der Waals surface area contributed by atoms with Crippen LogP contribution in [0.25, 0.3) is 0 Å². The zero-order valence-electron chi connectivity index (χ0n) is 13.3. The first-order valence-corrected chi connectivity index (χ1v) is 9.53. The lowest BCUT2D eigenvalue weighted by Gasteiger charge is -2.28. The number of pyridine rings is 1. The summed E-state index contributed by atoms with van der Waals surface area (Å²) in [5.41, 5.74) is 0.624. The van der Waals surface area contributed by atoms with Crippen molar-refractivity contribution in [3.8, 4) is 0 Å². The maximum Gasteiger partial charge on any atom is 0.414 e. The van der Waals surface area contributed by atoms with E-state index in [1.807, 2.05) is 12.1 Å². The highest BCUT2D eigenvalue weighted by atomic mass is 32.2. The van der Waals surface area contributed by atoms with Gasteiger partial charge in [0.25, 0.3) is 0 Å². The second-order valence-corrected chi connectivity index (χ2v) is 7.54. The number of nitrogens with one attached hydrogen (secondary N) is 1. The van der Waals surface area contributed by atoms with Crippen molar-refractivity contribution in [3.63, 3.8) is 0 Å². The van der Waals surface area contributed by atoms with Gasteiger partial charge in [0.2, 0.25) is 10.0 Å². The first-order valence-electron chi connectivity index (χ1n) is 7.64. The molecule has 0 bridgehead atoms. The SMILES string of the molecule is CS(=O)(=O)NC[C@H]1CN(c2ccc(N3CCOCC3)nc2)C(=O)O1. The van der Waals surface area contributed by atoms with Gasteiger partial charge < -0.3 is 14.4 Å². The number of morpholine rings is 1. The molecule has 0 unspecified atom stereocenters.